The molecule has 2 amide bonds. The van der Waals surface area contributed by atoms with Crippen molar-refractivity contribution in [2.24, 2.45) is 0 Å². The molecule has 0 saturated heterocycles. The lowest BCUT2D eigenvalue weighted by Gasteiger charge is -2.09. The molecule has 0 radical (unpaired) electrons. The summed E-state index contributed by atoms with van der Waals surface area (Å²) < 4.78 is 6.64. The van der Waals surface area contributed by atoms with Crippen LogP contribution in [0.3, 0.4) is 0 Å². The summed E-state index contributed by atoms with van der Waals surface area (Å²) in [6.45, 7) is 0.356. The lowest BCUT2D eigenvalue weighted by atomic mass is 10.1. The zero-order valence-electron chi connectivity index (χ0n) is 14.3. The average Bonchev–Trinajstić information content (AvgIpc) is 3.21. The van der Waals surface area contributed by atoms with E-state index in [1.165, 1.54) is 7.11 Å². The Morgan fingerprint density at radius 2 is 1.62 bits per heavy atom. The summed E-state index contributed by atoms with van der Waals surface area (Å²) in [4.78, 5) is 23.4. The SMILES string of the molecule is COC(=O)c1ccc(CNC(=O)Nc2ccc(-n3cccc3)cc2)cc1. The molecule has 2 N–H and O–H groups in total. The molecule has 0 saturated carbocycles. The van der Waals surface area contributed by atoms with Crippen LogP contribution in [0.15, 0.2) is 73.1 Å². The number of carbonyl (C=O) groups is 2. The van der Waals surface area contributed by atoms with Gasteiger partial charge in [0.25, 0.3) is 0 Å². The Labute approximate surface area is 151 Å². The molecule has 2 aromatic carbocycles. The highest BCUT2D eigenvalue weighted by Gasteiger charge is 2.06. The predicted octanol–water partition coefficient (Wildman–Crippen LogP) is 3.59. The standard InChI is InChI=1S/C20H19N3O3/c1-26-19(24)16-6-4-15(5-7-16)14-21-20(25)22-17-8-10-18(11-9-17)23-12-2-3-13-23/h2-13H,14H2,1H3,(H2,21,22,25). The third-order valence-electron chi connectivity index (χ3n) is 3.86. The number of amides is 2. The molecule has 132 valence electrons. The van der Waals surface area contributed by atoms with E-state index < -0.39 is 0 Å². The third-order valence-corrected chi connectivity index (χ3v) is 3.86. The smallest absolute Gasteiger partial charge is 0.337 e. The number of aromatic nitrogens is 1. The topological polar surface area (TPSA) is 72.4 Å². The first-order chi connectivity index (χ1) is 12.7. The van der Waals surface area contributed by atoms with Crippen LogP contribution >= 0.6 is 0 Å². The number of rotatable bonds is 5. The first kappa shape index (κ1) is 17.3. The van der Waals surface area contributed by atoms with E-state index >= 15 is 0 Å². The summed E-state index contributed by atoms with van der Waals surface area (Å²) >= 11 is 0. The Hall–Kier alpha value is -3.54. The van der Waals surface area contributed by atoms with Gasteiger partial charge in [-0.25, -0.2) is 9.59 Å². The Bertz CT molecular complexity index is 870. The van der Waals surface area contributed by atoms with Crippen LogP contribution in [0.5, 0.6) is 0 Å². The van der Waals surface area contributed by atoms with E-state index in [0.29, 0.717) is 17.8 Å². The van der Waals surface area contributed by atoms with E-state index in [1.807, 2.05) is 53.4 Å². The van der Waals surface area contributed by atoms with Gasteiger partial charge >= 0.3 is 12.0 Å². The molecular formula is C20H19N3O3. The maximum atomic E-state index is 12.0. The molecule has 3 rings (SSSR count). The number of urea groups is 1. The first-order valence-electron chi connectivity index (χ1n) is 8.11. The van der Waals surface area contributed by atoms with Gasteiger partial charge < -0.3 is 19.9 Å². The van der Waals surface area contributed by atoms with Crippen molar-refractivity contribution in [1.82, 2.24) is 9.88 Å². The lowest BCUT2D eigenvalue weighted by molar-refractivity contribution is 0.0600. The molecular weight excluding hydrogens is 330 g/mol. The van der Waals surface area contributed by atoms with Gasteiger partial charge in [0.2, 0.25) is 0 Å². The minimum Gasteiger partial charge on any atom is -0.465 e. The number of carbonyl (C=O) groups excluding carboxylic acids is 2. The van der Waals surface area contributed by atoms with E-state index in [4.69, 9.17) is 0 Å². The Balaban J connectivity index is 1.51. The summed E-state index contributed by atoms with van der Waals surface area (Å²) in [7, 11) is 1.34. The van der Waals surface area contributed by atoms with Crippen molar-refractivity contribution >= 4 is 17.7 Å². The Morgan fingerprint density at radius 1 is 0.962 bits per heavy atom. The molecule has 0 aliphatic heterocycles. The molecule has 1 heterocycles. The lowest BCUT2D eigenvalue weighted by Crippen LogP contribution is -2.28. The number of hydrogen-bond acceptors (Lipinski definition) is 3. The highest BCUT2D eigenvalue weighted by Crippen LogP contribution is 2.13. The van der Waals surface area contributed by atoms with Gasteiger partial charge in [-0.3, -0.25) is 0 Å². The van der Waals surface area contributed by atoms with Crippen LogP contribution in [0.2, 0.25) is 0 Å². The second-order valence-electron chi connectivity index (χ2n) is 5.63. The molecule has 6 nitrogen and oxygen atoms in total. The summed E-state index contributed by atoms with van der Waals surface area (Å²) in [5.74, 6) is -0.384. The fourth-order valence-corrected chi connectivity index (χ4v) is 2.46. The van der Waals surface area contributed by atoms with E-state index in [0.717, 1.165) is 11.3 Å². The van der Waals surface area contributed by atoms with Crippen LogP contribution in [-0.4, -0.2) is 23.7 Å². The second-order valence-corrected chi connectivity index (χ2v) is 5.63. The zero-order valence-corrected chi connectivity index (χ0v) is 14.3. The summed E-state index contributed by atoms with van der Waals surface area (Å²) in [5, 5.41) is 5.57. The molecule has 0 aliphatic carbocycles. The quantitative estimate of drug-likeness (QED) is 0.692. The molecule has 26 heavy (non-hydrogen) atoms. The van der Waals surface area contributed by atoms with Gasteiger partial charge in [-0.15, -0.1) is 0 Å². The molecule has 0 aliphatic rings. The number of hydrogen-bond donors (Lipinski definition) is 2. The van der Waals surface area contributed by atoms with Crippen molar-refractivity contribution in [2.45, 2.75) is 6.54 Å². The maximum Gasteiger partial charge on any atom is 0.337 e. The van der Waals surface area contributed by atoms with Gasteiger partial charge in [0.05, 0.1) is 12.7 Å². The van der Waals surface area contributed by atoms with E-state index in [9.17, 15) is 9.59 Å². The van der Waals surface area contributed by atoms with Crippen molar-refractivity contribution < 1.29 is 14.3 Å². The van der Waals surface area contributed by atoms with Crippen LogP contribution in [0.1, 0.15) is 15.9 Å². The van der Waals surface area contributed by atoms with Gasteiger partial charge in [0.1, 0.15) is 0 Å². The van der Waals surface area contributed by atoms with Gasteiger partial charge in [-0.1, -0.05) is 12.1 Å². The Kier molecular flexibility index (Phi) is 5.34. The van der Waals surface area contributed by atoms with Crippen molar-refractivity contribution in [2.75, 3.05) is 12.4 Å². The minimum atomic E-state index is -0.384. The molecule has 0 fully saturated rings. The monoisotopic (exact) mass is 349 g/mol. The van der Waals surface area contributed by atoms with Crippen molar-refractivity contribution in [1.29, 1.82) is 0 Å². The van der Waals surface area contributed by atoms with Crippen LogP contribution < -0.4 is 10.6 Å². The highest BCUT2D eigenvalue weighted by molar-refractivity contribution is 5.90. The number of methoxy groups -OCH3 is 1. The summed E-state index contributed by atoms with van der Waals surface area (Å²) in [5.41, 5.74) is 3.09. The number of anilines is 1. The fourth-order valence-electron chi connectivity index (χ4n) is 2.46. The van der Waals surface area contributed by atoms with Crippen LogP contribution in [0, 0.1) is 0 Å². The van der Waals surface area contributed by atoms with Crippen LogP contribution in [0.25, 0.3) is 5.69 Å². The van der Waals surface area contributed by atoms with E-state index in [-0.39, 0.29) is 12.0 Å². The van der Waals surface area contributed by atoms with Gasteiger partial charge in [-0.05, 0) is 54.1 Å². The van der Waals surface area contributed by atoms with Crippen molar-refractivity contribution in [3.8, 4) is 5.69 Å². The molecule has 0 unspecified atom stereocenters. The normalized spacial score (nSPS) is 10.2. The molecule has 1 aromatic heterocycles. The third kappa shape index (κ3) is 4.30. The second kappa shape index (κ2) is 8.02. The number of ether oxygens (including phenoxy) is 1. The largest absolute Gasteiger partial charge is 0.465 e. The van der Waals surface area contributed by atoms with Crippen molar-refractivity contribution in [3.63, 3.8) is 0 Å². The fraction of sp³-hybridized carbons (Fsp3) is 0.100. The molecule has 3 aromatic rings. The summed E-state index contributed by atoms with van der Waals surface area (Å²) in [6.07, 6.45) is 3.92. The highest BCUT2D eigenvalue weighted by atomic mass is 16.5. The average molecular weight is 349 g/mol. The summed E-state index contributed by atoms with van der Waals surface area (Å²) in [6, 6.07) is 18.1. The molecule has 0 spiro atoms. The van der Waals surface area contributed by atoms with E-state index in [1.54, 1.807) is 24.3 Å². The van der Waals surface area contributed by atoms with Crippen LogP contribution in [0.4, 0.5) is 10.5 Å². The first-order valence-corrected chi connectivity index (χ1v) is 8.11. The number of nitrogens with one attached hydrogen (secondary N) is 2. The zero-order chi connectivity index (χ0) is 18.4. The molecule has 0 atom stereocenters. The van der Waals surface area contributed by atoms with Gasteiger partial charge in [0.15, 0.2) is 0 Å². The van der Waals surface area contributed by atoms with Gasteiger partial charge in [-0.2, -0.15) is 0 Å². The van der Waals surface area contributed by atoms with Crippen molar-refractivity contribution in [3.05, 3.63) is 84.2 Å². The number of nitrogens with zero attached hydrogens (tertiary/aromatic N) is 1. The minimum absolute atomic E-state index is 0.296. The van der Waals surface area contributed by atoms with E-state index in [2.05, 4.69) is 15.4 Å². The maximum absolute atomic E-state index is 12.0. The number of esters is 1. The Morgan fingerprint density at radius 3 is 2.23 bits per heavy atom. The molecule has 6 heteroatoms. The van der Waals surface area contributed by atoms with Gasteiger partial charge in [0, 0.05) is 30.3 Å². The van der Waals surface area contributed by atoms with Crippen LogP contribution in [-0.2, 0) is 11.3 Å². The molecule has 0 bridgehead atoms. The predicted molar refractivity (Wildman–Crippen MR) is 99.4 cm³/mol. The number of benzene rings is 2.